The lowest BCUT2D eigenvalue weighted by Crippen LogP contribution is -2.58. The number of alkyl carbamates (subject to hydrolysis) is 1. The summed E-state index contributed by atoms with van der Waals surface area (Å²) in [5.74, 6) is -2.00. The Kier molecular flexibility index (Phi) is 11.4. The third-order valence-corrected chi connectivity index (χ3v) is 14.0. The zero-order valence-electron chi connectivity index (χ0n) is 36.3. The summed E-state index contributed by atoms with van der Waals surface area (Å²) in [5, 5.41) is 5.85. The summed E-state index contributed by atoms with van der Waals surface area (Å²) in [6.07, 6.45) is 6.60. The molecule has 2 aliphatic heterocycles. The number of fused-ring (bicyclic) bond motifs is 5. The number of pyridine rings is 1. The van der Waals surface area contributed by atoms with Crippen LogP contribution in [0.4, 0.5) is 4.79 Å². The van der Waals surface area contributed by atoms with Crippen molar-refractivity contribution in [3.63, 3.8) is 0 Å². The predicted octanol–water partition coefficient (Wildman–Crippen LogP) is 7.19. The van der Waals surface area contributed by atoms with E-state index in [0.717, 1.165) is 23.8 Å². The maximum Gasteiger partial charge on any atom is 0.408 e. The van der Waals surface area contributed by atoms with Gasteiger partial charge in [0.25, 0.3) is 5.91 Å². The second-order valence-corrected chi connectivity index (χ2v) is 21.3. The van der Waals surface area contributed by atoms with E-state index in [9.17, 15) is 27.6 Å². The van der Waals surface area contributed by atoms with Crippen molar-refractivity contribution in [1.82, 2.24) is 25.2 Å². The van der Waals surface area contributed by atoms with Crippen molar-refractivity contribution < 1.29 is 41.5 Å². The minimum atomic E-state index is -3.92. The lowest BCUT2D eigenvalue weighted by molar-refractivity contribution is -0.141. The van der Waals surface area contributed by atoms with Crippen LogP contribution in [-0.2, 0) is 34.6 Å². The van der Waals surface area contributed by atoms with Crippen LogP contribution >= 0.6 is 0 Å². The van der Waals surface area contributed by atoms with E-state index >= 15 is 0 Å². The number of sulfonamides is 1. The number of rotatable bonds is 7. The van der Waals surface area contributed by atoms with E-state index < -0.39 is 74.3 Å². The number of hydrogen-bond donors (Lipinski definition) is 3. The van der Waals surface area contributed by atoms with E-state index in [1.807, 2.05) is 54.6 Å². The zero-order valence-corrected chi connectivity index (χ0v) is 37.1. The molecule has 8 rings (SSSR count). The molecule has 1 saturated heterocycles. The minimum absolute atomic E-state index is 0.0228. The van der Waals surface area contributed by atoms with E-state index in [-0.39, 0.29) is 24.8 Å². The lowest BCUT2D eigenvalue weighted by Gasteiger charge is -2.30. The highest BCUT2D eigenvalue weighted by atomic mass is 32.2. The number of furan rings is 1. The second kappa shape index (κ2) is 16.4. The van der Waals surface area contributed by atoms with Gasteiger partial charge in [-0.25, -0.2) is 18.2 Å². The topological polar surface area (TPSA) is 186 Å². The Morgan fingerprint density at radius 2 is 1.71 bits per heavy atom. The molecule has 3 N–H and O–H groups in total. The van der Waals surface area contributed by atoms with Crippen molar-refractivity contribution >= 4 is 55.9 Å². The van der Waals surface area contributed by atoms with Gasteiger partial charge in [0.05, 0.1) is 17.5 Å². The Morgan fingerprint density at radius 1 is 0.968 bits per heavy atom. The van der Waals surface area contributed by atoms with Crippen LogP contribution in [0.15, 0.2) is 71.2 Å². The molecule has 14 nitrogen and oxygen atoms in total. The molecule has 62 heavy (non-hydrogen) atoms. The number of carbonyl (C=O) groups excluding carboxylic acids is 4. The molecule has 330 valence electrons. The number of para-hydroxylation sites is 1. The predicted molar refractivity (Wildman–Crippen MR) is 235 cm³/mol. The Labute approximate surface area is 362 Å². The number of benzene rings is 2. The smallest absolute Gasteiger partial charge is 0.408 e. The fraction of sp³-hybridized carbons (Fsp3) is 0.511. The average Bonchev–Trinajstić information content (AvgIpc) is 4.10. The van der Waals surface area contributed by atoms with Crippen LogP contribution in [0, 0.1) is 5.92 Å². The van der Waals surface area contributed by atoms with E-state index in [1.165, 1.54) is 10.5 Å². The largest absolute Gasteiger partial charge is 0.484 e. The average molecular weight is 868 g/mol. The first-order valence-electron chi connectivity index (χ1n) is 21.8. The third-order valence-electron chi connectivity index (χ3n) is 12.2. The van der Waals surface area contributed by atoms with Gasteiger partial charge >= 0.3 is 6.09 Å². The van der Waals surface area contributed by atoms with Gasteiger partial charge in [0.2, 0.25) is 21.8 Å². The number of ether oxygens (including phenoxy) is 2. The molecular weight excluding hydrogens is 811 g/mol. The van der Waals surface area contributed by atoms with Gasteiger partial charge in [-0.15, -0.1) is 0 Å². The molecule has 2 aromatic carbocycles. The molecule has 0 unspecified atom stereocenters. The van der Waals surface area contributed by atoms with Crippen molar-refractivity contribution in [2.24, 2.45) is 5.92 Å². The van der Waals surface area contributed by atoms with Gasteiger partial charge in [0.1, 0.15) is 40.4 Å². The van der Waals surface area contributed by atoms with Gasteiger partial charge in [-0.1, -0.05) is 82.2 Å². The third kappa shape index (κ3) is 9.18. The highest BCUT2D eigenvalue weighted by Gasteiger charge is 2.62. The van der Waals surface area contributed by atoms with Gasteiger partial charge < -0.3 is 29.4 Å². The molecule has 4 aromatic rings. The van der Waals surface area contributed by atoms with Crippen LogP contribution in [-0.4, -0.2) is 83.2 Å². The Morgan fingerprint density at radius 3 is 2.42 bits per heavy atom. The van der Waals surface area contributed by atoms with Crippen molar-refractivity contribution in [3.8, 4) is 17.0 Å². The quantitative estimate of drug-likeness (QED) is 0.161. The molecule has 0 spiro atoms. The maximum atomic E-state index is 14.8. The molecule has 4 amide bonds. The summed E-state index contributed by atoms with van der Waals surface area (Å²) in [4.78, 5) is 63.0. The Hall–Kier alpha value is -5.44. The SMILES string of the molecule is CC(C)(C)OC(=O)N[C@H]1CCCCC/C=C\[C@@H]2C[C@@]2(C(=O)NS(=O)(=O)C2CC2)NC(=O)[C@@H]2C[C@@H](Oc3cc(-c4ccc(C(C)(C)C)cc4)nc4c3oc3ccccc34)CN2C1=O. The number of nitrogens with one attached hydrogen (secondary N) is 3. The first kappa shape index (κ1) is 43.2. The molecule has 15 heteroatoms. The van der Waals surface area contributed by atoms with Crippen molar-refractivity contribution in [1.29, 1.82) is 0 Å². The van der Waals surface area contributed by atoms with Gasteiger partial charge in [0, 0.05) is 29.4 Å². The van der Waals surface area contributed by atoms with E-state index in [1.54, 1.807) is 20.8 Å². The Bertz CT molecular complexity index is 2530. The lowest BCUT2D eigenvalue weighted by atomic mass is 9.86. The molecule has 4 heterocycles. The van der Waals surface area contributed by atoms with Gasteiger partial charge in [-0.3, -0.25) is 19.1 Å². The van der Waals surface area contributed by atoms with Crippen molar-refractivity contribution in [3.05, 3.63) is 72.3 Å². The molecule has 2 aliphatic carbocycles. The van der Waals surface area contributed by atoms with E-state index in [2.05, 4.69) is 48.3 Å². The Balaban J connectivity index is 1.15. The molecule has 0 radical (unpaired) electrons. The molecule has 5 atom stereocenters. The number of hydrogen-bond acceptors (Lipinski definition) is 10. The summed E-state index contributed by atoms with van der Waals surface area (Å²) in [5.41, 5.74) is 1.89. The summed E-state index contributed by atoms with van der Waals surface area (Å²) in [6, 6.07) is 15.4. The molecule has 2 saturated carbocycles. The minimum Gasteiger partial charge on any atom is -0.484 e. The number of amides is 4. The van der Waals surface area contributed by atoms with Crippen molar-refractivity contribution in [2.75, 3.05) is 6.54 Å². The highest BCUT2D eigenvalue weighted by molar-refractivity contribution is 7.91. The molecular formula is C47H57N5O9S. The van der Waals surface area contributed by atoms with Crippen LogP contribution in [0.1, 0.15) is 105 Å². The molecule has 4 aliphatic rings. The summed E-state index contributed by atoms with van der Waals surface area (Å²) in [6.45, 7) is 11.6. The standard InChI is InChI=1S/C47H57N5O9S/c1-45(2,3)29-20-18-28(19-21-29)35-25-38(40-39(48-35)33-15-12-13-17-37(33)60-40)59-31-24-36-41(53)50-47(43(55)51-62(57,58)32-22-23-32)26-30(47)14-10-8-7-9-11-16-34(42(54)52(36)27-31)49-44(56)61-46(4,5)6/h10,12-15,17-21,25,30-32,34,36H,7-9,11,16,22-24,26-27H2,1-6H3,(H,49,56)(H,50,53)(H,51,55)/b14-10-/t30-,31-,34+,36+,47-/m1/s1. The molecule has 0 bridgehead atoms. The maximum absolute atomic E-state index is 14.8. The van der Waals surface area contributed by atoms with Crippen LogP contribution in [0.5, 0.6) is 5.75 Å². The van der Waals surface area contributed by atoms with Crippen molar-refractivity contribution in [2.45, 2.75) is 139 Å². The first-order valence-corrected chi connectivity index (χ1v) is 23.3. The van der Waals surface area contributed by atoms with Gasteiger partial charge in [-0.05, 0) is 82.4 Å². The molecule has 2 aromatic heterocycles. The summed E-state index contributed by atoms with van der Waals surface area (Å²) < 4.78 is 46.9. The number of aromatic nitrogens is 1. The van der Waals surface area contributed by atoms with Crippen LogP contribution in [0.25, 0.3) is 33.3 Å². The fourth-order valence-corrected chi connectivity index (χ4v) is 9.87. The zero-order chi connectivity index (χ0) is 44.2. The highest BCUT2D eigenvalue weighted by Crippen LogP contribution is 2.46. The summed E-state index contributed by atoms with van der Waals surface area (Å²) >= 11 is 0. The van der Waals surface area contributed by atoms with Crippen LogP contribution in [0.2, 0.25) is 0 Å². The molecule has 3 fully saturated rings. The fourth-order valence-electron chi connectivity index (χ4n) is 8.51. The van der Waals surface area contributed by atoms with Crippen LogP contribution < -0.4 is 20.1 Å². The van der Waals surface area contributed by atoms with E-state index in [4.69, 9.17) is 18.9 Å². The number of carbonyl (C=O) groups is 4. The van der Waals surface area contributed by atoms with Gasteiger partial charge in [0.15, 0.2) is 11.3 Å². The second-order valence-electron chi connectivity index (χ2n) is 19.3. The number of nitrogens with zero attached hydrogens (tertiary/aromatic N) is 2. The van der Waals surface area contributed by atoms with Gasteiger partial charge in [-0.2, -0.15) is 0 Å². The normalized spacial score (nSPS) is 25.5. The number of allylic oxidation sites excluding steroid dienone is 1. The monoisotopic (exact) mass is 867 g/mol. The summed E-state index contributed by atoms with van der Waals surface area (Å²) in [7, 11) is -3.92. The van der Waals surface area contributed by atoms with Crippen LogP contribution in [0.3, 0.4) is 0 Å². The first-order chi connectivity index (χ1) is 29.3. The van der Waals surface area contributed by atoms with E-state index in [0.29, 0.717) is 60.2 Å².